The Labute approximate surface area is 223 Å². The van der Waals surface area contributed by atoms with Crippen molar-refractivity contribution in [1.29, 1.82) is 0 Å². The van der Waals surface area contributed by atoms with E-state index in [1.807, 2.05) is 49.4 Å². The predicted octanol–water partition coefficient (Wildman–Crippen LogP) is 8.08. The Morgan fingerprint density at radius 2 is 1.95 bits per heavy atom. The summed E-state index contributed by atoms with van der Waals surface area (Å²) < 4.78 is 24.4. The molecule has 1 aliphatic carbocycles. The number of hydrogen-bond donors (Lipinski definition) is 0. The van der Waals surface area contributed by atoms with E-state index in [1.54, 1.807) is 0 Å². The summed E-state index contributed by atoms with van der Waals surface area (Å²) in [5.74, 6) is 0. The molecule has 5 nitrogen and oxygen atoms in total. The molecular formula is C32H44O5. The minimum absolute atomic E-state index is 0.119. The van der Waals surface area contributed by atoms with E-state index < -0.39 is 28.7 Å². The van der Waals surface area contributed by atoms with Crippen LogP contribution >= 0.6 is 0 Å². The van der Waals surface area contributed by atoms with Crippen molar-refractivity contribution in [2.75, 3.05) is 6.79 Å². The van der Waals surface area contributed by atoms with Gasteiger partial charge in [-0.1, -0.05) is 87.1 Å². The van der Waals surface area contributed by atoms with E-state index in [4.69, 9.17) is 18.9 Å². The molecule has 3 rings (SSSR count). The van der Waals surface area contributed by atoms with E-state index in [9.17, 15) is 4.79 Å². The summed E-state index contributed by atoms with van der Waals surface area (Å²) in [4.78, 5) is 12.8. The van der Waals surface area contributed by atoms with Crippen LogP contribution in [-0.4, -0.2) is 30.8 Å². The van der Waals surface area contributed by atoms with Crippen molar-refractivity contribution < 1.29 is 23.7 Å². The molecule has 0 radical (unpaired) electrons. The van der Waals surface area contributed by atoms with Crippen molar-refractivity contribution in [2.45, 2.75) is 91.6 Å². The van der Waals surface area contributed by atoms with Gasteiger partial charge in [-0.3, -0.25) is 0 Å². The third kappa shape index (κ3) is 6.27. The molecule has 0 bridgehead atoms. The first-order valence-corrected chi connectivity index (χ1v) is 13.3. The van der Waals surface area contributed by atoms with E-state index >= 15 is 0 Å². The summed E-state index contributed by atoms with van der Waals surface area (Å²) in [6, 6.07) is 10.1. The Balaban J connectivity index is 1.92. The van der Waals surface area contributed by atoms with Crippen molar-refractivity contribution in [1.82, 2.24) is 0 Å². The van der Waals surface area contributed by atoms with Gasteiger partial charge in [0.2, 0.25) is 0 Å². The molecule has 5 heteroatoms. The van der Waals surface area contributed by atoms with Crippen molar-refractivity contribution in [2.24, 2.45) is 10.8 Å². The highest BCUT2D eigenvalue weighted by atomic mass is 16.8. The second-order valence-electron chi connectivity index (χ2n) is 11.2. The number of ether oxygens (including phenoxy) is 4. The highest BCUT2D eigenvalue weighted by Gasteiger charge is 2.62. The van der Waals surface area contributed by atoms with E-state index in [2.05, 4.69) is 59.4 Å². The fourth-order valence-corrected chi connectivity index (χ4v) is 5.74. The molecule has 2 aliphatic rings. The SMILES string of the molecule is C=CC[C@@]1(C)C([C@@H]2OC(=O)O[C@@]2(CC=C(C)C)C(C)(C)/C=C/C)=CCC[C@@H]1OCOCc1ccccc1. The molecule has 37 heavy (non-hydrogen) atoms. The number of carbonyl (C=O) groups excluding carboxylic acids is 1. The molecular weight excluding hydrogens is 464 g/mol. The zero-order chi connectivity index (χ0) is 27.1. The maximum absolute atomic E-state index is 12.8. The molecule has 0 saturated carbocycles. The van der Waals surface area contributed by atoms with E-state index in [1.165, 1.54) is 5.57 Å². The van der Waals surface area contributed by atoms with Gasteiger partial charge < -0.3 is 18.9 Å². The molecule has 0 aromatic heterocycles. The first-order valence-electron chi connectivity index (χ1n) is 13.3. The first kappa shape index (κ1) is 28.9. The van der Waals surface area contributed by atoms with Crippen LogP contribution in [0.5, 0.6) is 0 Å². The Kier molecular flexibility index (Phi) is 9.60. The monoisotopic (exact) mass is 508 g/mol. The van der Waals surface area contributed by atoms with Gasteiger partial charge in [0, 0.05) is 17.3 Å². The average molecular weight is 509 g/mol. The van der Waals surface area contributed by atoms with Gasteiger partial charge in [-0.15, -0.1) is 6.58 Å². The van der Waals surface area contributed by atoms with Gasteiger partial charge in [0.1, 0.15) is 6.79 Å². The lowest BCUT2D eigenvalue weighted by molar-refractivity contribution is -0.134. The summed E-state index contributed by atoms with van der Waals surface area (Å²) >= 11 is 0. The maximum atomic E-state index is 12.8. The molecule has 0 spiro atoms. The van der Waals surface area contributed by atoms with Crippen LogP contribution in [0.2, 0.25) is 0 Å². The topological polar surface area (TPSA) is 54.0 Å². The Bertz CT molecular complexity index is 1020. The lowest BCUT2D eigenvalue weighted by atomic mass is 9.60. The fourth-order valence-electron chi connectivity index (χ4n) is 5.74. The van der Waals surface area contributed by atoms with E-state index in [-0.39, 0.29) is 12.9 Å². The summed E-state index contributed by atoms with van der Waals surface area (Å²) in [5, 5.41) is 0. The average Bonchev–Trinajstić information content (AvgIpc) is 3.19. The predicted molar refractivity (Wildman–Crippen MR) is 148 cm³/mol. The zero-order valence-corrected chi connectivity index (χ0v) is 23.4. The molecule has 0 unspecified atom stereocenters. The molecule has 0 amide bonds. The molecule has 1 heterocycles. The fraction of sp³-hybridized carbons (Fsp3) is 0.531. The minimum atomic E-state index is -0.895. The molecule has 4 atom stereocenters. The van der Waals surface area contributed by atoms with Crippen LogP contribution in [0.4, 0.5) is 4.79 Å². The normalized spacial score (nSPS) is 27.9. The third-order valence-corrected chi connectivity index (χ3v) is 7.87. The molecule has 1 aromatic rings. The second-order valence-corrected chi connectivity index (χ2v) is 11.2. The van der Waals surface area contributed by atoms with Crippen LogP contribution in [-0.2, 0) is 25.6 Å². The molecule has 1 saturated heterocycles. The van der Waals surface area contributed by atoms with Gasteiger partial charge in [0.05, 0.1) is 12.7 Å². The Morgan fingerprint density at radius 3 is 2.59 bits per heavy atom. The third-order valence-electron chi connectivity index (χ3n) is 7.87. The van der Waals surface area contributed by atoms with Gasteiger partial charge >= 0.3 is 6.16 Å². The van der Waals surface area contributed by atoms with Crippen molar-refractivity contribution in [3.05, 3.63) is 84.0 Å². The van der Waals surface area contributed by atoms with Gasteiger partial charge in [0.15, 0.2) is 11.7 Å². The van der Waals surface area contributed by atoms with Crippen LogP contribution in [0.15, 0.2) is 78.4 Å². The molecule has 1 aromatic carbocycles. The highest BCUT2D eigenvalue weighted by Crippen LogP contribution is 2.54. The number of allylic oxidation sites excluding steroid dienone is 4. The summed E-state index contributed by atoms with van der Waals surface area (Å²) in [7, 11) is 0. The van der Waals surface area contributed by atoms with E-state index in [0.717, 1.165) is 24.0 Å². The van der Waals surface area contributed by atoms with Gasteiger partial charge in [0.25, 0.3) is 0 Å². The largest absolute Gasteiger partial charge is 0.509 e. The lowest BCUT2D eigenvalue weighted by Gasteiger charge is -2.49. The van der Waals surface area contributed by atoms with Crippen molar-refractivity contribution in [3.8, 4) is 0 Å². The van der Waals surface area contributed by atoms with Gasteiger partial charge in [-0.05, 0) is 51.2 Å². The minimum Gasteiger partial charge on any atom is -0.422 e. The number of carbonyl (C=O) groups is 1. The van der Waals surface area contributed by atoms with Crippen LogP contribution in [0.25, 0.3) is 0 Å². The maximum Gasteiger partial charge on any atom is 0.509 e. The Morgan fingerprint density at radius 1 is 1.22 bits per heavy atom. The number of hydrogen-bond acceptors (Lipinski definition) is 5. The quantitative estimate of drug-likeness (QED) is 0.124. The number of rotatable bonds is 12. The smallest absolute Gasteiger partial charge is 0.422 e. The van der Waals surface area contributed by atoms with Crippen molar-refractivity contribution in [3.63, 3.8) is 0 Å². The lowest BCUT2D eigenvalue weighted by Crippen LogP contribution is -2.55. The summed E-state index contributed by atoms with van der Waals surface area (Å²) in [6.45, 7) is 17.2. The van der Waals surface area contributed by atoms with Crippen molar-refractivity contribution >= 4 is 6.16 Å². The molecule has 1 aliphatic heterocycles. The van der Waals surface area contributed by atoms with Crippen LogP contribution in [0.3, 0.4) is 0 Å². The number of cyclic esters (lactones) is 2. The first-order chi connectivity index (χ1) is 17.6. The van der Waals surface area contributed by atoms with E-state index in [0.29, 0.717) is 19.4 Å². The molecule has 0 N–H and O–H groups in total. The Hall–Kier alpha value is -2.63. The molecule has 202 valence electrons. The van der Waals surface area contributed by atoms with Crippen LogP contribution in [0, 0.1) is 10.8 Å². The zero-order valence-electron chi connectivity index (χ0n) is 23.4. The standard InChI is InChI=1S/C32H44O5/c1-8-19-30(5,6)32(21-18-24(3)4)28(36-29(33)37-32)26-16-13-17-27(31(26,7)20-9-2)35-23-34-22-25-14-11-10-12-15-25/h8-12,14-16,18-19,27-28H,2,13,17,20-23H2,1,3-7H3/b19-8+/t27-,28-,31-,32+/m0/s1. The summed E-state index contributed by atoms with van der Waals surface area (Å²) in [5.41, 5.74) is 1.50. The highest BCUT2D eigenvalue weighted by molar-refractivity contribution is 5.65. The van der Waals surface area contributed by atoms with Crippen LogP contribution in [0.1, 0.15) is 72.8 Å². The molecule has 1 fully saturated rings. The van der Waals surface area contributed by atoms with Gasteiger partial charge in [-0.25, -0.2) is 4.79 Å². The van der Waals surface area contributed by atoms with Crippen LogP contribution < -0.4 is 0 Å². The summed E-state index contributed by atoms with van der Waals surface area (Å²) in [6.07, 6.45) is 12.0. The van der Waals surface area contributed by atoms with Gasteiger partial charge in [-0.2, -0.15) is 0 Å². The second kappa shape index (κ2) is 12.3. The number of benzene rings is 1.